The molecular weight excluding hydrogens is 408 g/mol. The molecular formula is C20H32N4O5S. The number of nitrogens with zero attached hydrogens (tertiary/aromatic N) is 2. The van der Waals surface area contributed by atoms with Gasteiger partial charge in [-0.2, -0.15) is 0 Å². The van der Waals surface area contributed by atoms with Crippen LogP contribution in [0.2, 0.25) is 0 Å². The molecule has 0 bridgehead atoms. The van der Waals surface area contributed by atoms with Crippen LogP contribution in [-0.4, -0.2) is 75.1 Å². The summed E-state index contributed by atoms with van der Waals surface area (Å²) in [6.07, 6.45) is 0.716. The van der Waals surface area contributed by atoms with Crippen molar-refractivity contribution in [2.75, 3.05) is 39.3 Å². The SMILES string of the molecule is CC(C)(C)OC(=O)N1CCN(CCCNC(=O)Cc2ccc(S(N)(=O)=O)cc2)CC1. The molecule has 1 fully saturated rings. The summed E-state index contributed by atoms with van der Waals surface area (Å²) in [5.74, 6) is -0.117. The predicted octanol–water partition coefficient (Wildman–Crippen LogP) is 0.936. The summed E-state index contributed by atoms with van der Waals surface area (Å²) in [7, 11) is -3.73. The largest absolute Gasteiger partial charge is 0.444 e. The number of piperazine rings is 1. The molecule has 0 atom stereocenters. The fourth-order valence-corrected chi connectivity index (χ4v) is 3.57. The molecule has 3 N–H and O–H groups in total. The lowest BCUT2D eigenvalue weighted by molar-refractivity contribution is -0.120. The van der Waals surface area contributed by atoms with Crippen LogP contribution >= 0.6 is 0 Å². The van der Waals surface area contributed by atoms with Crippen molar-refractivity contribution in [2.24, 2.45) is 5.14 Å². The molecule has 2 rings (SSSR count). The first-order valence-corrected chi connectivity index (χ1v) is 11.6. The Morgan fingerprint density at radius 3 is 2.23 bits per heavy atom. The summed E-state index contributed by atoms with van der Waals surface area (Å²) >= 11 is 0. The predicted molar refractivity (Wildman–Crippen MR) is 113 cm³/mol. The summed E-state index contributed by atoms with van der Waals surface area (Å²) in [5.41, 5.74) is 0.231. The van der Waals surface area contributed by atoms with Crippen LogP contribution in [0.4, 0.5) is 4.79 Å². The molecule has 0 unspecified atom stereocenters. The van der Waals surface area contributed by atoms with Crippen LogP contribution < -0.4 is 10.5 Å². The average Bonchev–Trinajstić information content (AvgIpc) is 2.64. The van der Waals surface area contributed by atoms with Gasteiger partial charge >= 0.3 is 6.09 Å². The van der Waals surface area contributed by atoms with Gasteiger partial charge in [-0.1, -0.05) is 12.1 Å². The summed E-state index contributed by atoms with van der Waals surface area (Å²) in [4.78, 5) is 28.1. The number of amides is 2. The van der Waals surface area contributed by atoms with E-state index in [2.05, 4.69) is 10.2 Å². The van der Waals surface area contributed by atoms with Crippen LogP contribution in [0.25, 0.3) is 0 Å². The van der Waals surface area contributed by atoms with Gasteiger partial charge < -0.3 is 15.0 Å². The number of rotatable bonds is 7. The normalized spacial score (nSPS) is 15.7. The molecule has 0 radical (unpaired) electrons. The number of hydrogen-bond acceptors (Lipinski definition) is 6. The van der Waals surface area contributed by atoms with Gasteiger partial charge in [0.15, 0.2) is 0 Å². The molecule has 0 aliphatic carbocycles. The molecule has 1 aliphatic heterocycles. The second kappa shape index (κ2) is 10.2. The van der Waals surface area contributed by atoms with E-state index in [-0.39, 0.29) is 23.3 Å². The van der Waals surface area contributed by atoms with Gasteiger partial charge in [0.2, 0.25) is 15.9 Å². The molecule has 1 heterocycles. The van der Waals surface area contributed by atoms with Gasteiger partial charge in [-0.15, -0.1) is 0 Å². The van der Waals surface area contributed by atoms with E-state index in [1.54, 1.807) is 17.0 Å². The fourth-order valence-electron chi connectivity index (χ4n) is 3.06. The number of nitrogens with two attached hydrogens (primary N) is 1. The van der Waals surface area contributed by atoms with E-state index in [9.17, 15) is 18.0 Å². The smallest absolute Gasteiger partial charge is 0.410 e. The summed E-state index contributed by atoms with van der Waals surface area (Å²) in [6.45, 7) is 9.80. The van der Waals surface area contributed by atoms with Gasteiger partial charge in [-0.25, -0.2) is 18.4 Å². The van der Waals surface area contributed by atoms with Crippen LogP contribution in [0.1, 0.15) is 32.8 Å². The van der Waals surface area contributed by atoms with E-state index in [1.165, 1.54) is 12.1 Å². The van der Waals surface area contributed by atoms with Crippen molar-refractivity contribution >= 4 is 22.0 Å². The summed E-state index contributed by atoms with van der Waals surface area (Å²) < 4.78 is 27.9. The minimum atomic E-state index is -3.73. The highest BCUT2D eigenvalue weighted by Crippen LogP contribution is 2.12. The van der Waals surface area contributed by atoms with Gasteiger partial charge in [0.1, 0.15) is 5.60 Å². The maximum Gasteiger partial charge on any atom is 0.410 e. The third kappa shape index (κ3) is 8.29. The molecule has 1 aromatic rings. The molecule has 10 heteroatoms. The molecule has 1 saturated heterocycles. The van der Waals surface area contributed by atoms with Crippen LogP contribution in [0.15, 0.2) is 29.2 Å². The maximum absolute atomic E-state index is 12.1. The lowest BCUT2D eigenvalue weighted by Gasteiger charge is -2.35. The zero-order chi connectivity index (χ0) is 22.4. The number of carbonyl (C=O) groups is 2. The Kier molecular flexibility index (Phi) is 8.22. The highest BCUT2D eigenvalue weighted by molar-refractivity contribution is 7.89. The molecule has 1 aromatic carbocycles. The molecule has 2 amide bonds. The fraction of sp³-hybridized carbons (Fsp3) is 0.600. The molecule has 30 heavy (non-hydrogen) atoms. The van der Waals surface area contributed by atoms with Crippen molar-refractivity contribution in [1.82, 2.24) is 15.1 Å². The Labute approximate surface area is 178 Å². The Balaban J connectivity index is 1.63. The Morgan fingerprint density at radius 1 is 1.10 bits per heavy atom. The van der Waals surface area contributed by atoms with Crippen LogP contribution in [0.5, 0.6) is 0 Å². The van der Waals surface area contributed by atoms with Gasteiger partial charge in [0.05, 0.1) is 11.3 Å². The van der Waals surface area contributed by atoms with Crippen molar-refractivity contribution in [3.63, 3.8) is 0 Å². The third-order valence-electron chi connectivity index (χ3n) is 4.61. The van der Waals surface area contributed by atoms with Gasteiger partial charge in [0.25, 0.3) is 0 Å². The Morgan fingerprint density at radius 2 is 1.70 bits per heavy atom. The Hall–Kier alpha value is -2.17. The highest BCUT2D eigenvalue weighted by Gasteiger charge is 2.25. The van der Waals surface area contributed by atoms with E-state index < -0.39 is 15.6 Å². The van der Waals surface area contributed by atoms with E-state index in [1.807, 2.05) is 20.8 Å². The zero-order valence-electron chi connectivity index (χ0n) is 17.9. The maximum atomic E-state index is 12.1. The second-order valence-corrected chi connectivity index (χ2v) is 9.94. The molecule has 9 nitrogen and oxygen atoms in total. The van der Waals surface area contributed by atoms with E-state index in [0.717, 1.165) is 31.6 Å². The van der Waals surface area contributed by atoms with E-state index >= 15 is 0 Å². The lowest BCUT2D eigenvalue weighted by Crippen LogP contribution is -2.50. The van der Waals surface area contributed by atoms with Crippen molar-refractivity contribution < 1.29 is 22.7 Å². The number of carbonyl (C=O) groups excluding carboxylic acids is 2. The standard InChI is InChI=1S/C20H32N4O5S/c1-20(2,3)29-19(26)24-13-11-23(12-14-24)10-4-9-22-18(25)15-16-5-7-17(8-6-16)30(21,27)28/h5-8H,4,9-15H2,1-3H3,(H,22,25)(H2,21,27,28). The Bertz CT molecular complexity index is 826. The molecule has 1 aliphatic rings. The number of hydrogen-bond donors (Lipinski definition) is 2. The molecule has 0 spiro atoms. The number of ether oxygens (including phenoxy) is 1. The van der Waals surface area contributed by atoms with Gasteiger partial charge in [-0.05, 0) is 51.4 Å². The monoisotopic (exact) mass is 440 g/mol. The number of benzene rings is 1. The van der Waals surface area contributed by atoms with Gasteiger partial charge in [-0.3, -0.25) is 9.69 Å². The average molecular weight is 441 g/mol. The third-order valence-corrected chi connectivity index (χ3v) is 5.54. The summed E-state index contributed by atoms with van der Waals surface area (Å²) in [6, 6.07) is 5.97. The number of nitrogens with one attached hydrogen (secondary N) is 1. The first-order valence-electron chi connectivity index (χ1n) is 10.0. The first-order chi connectivity index (χ1) is 13.9. The van der Waals surface area contributed by atoms with Crippen molar-refractivity contribution in [3.8, 4) is 0 Å². The molecule has 168 valence electrons. The van der Waals surface area contributed by atoms with Crippen LogP contribution in [0.3, 0.4) is 0 Å². The van der Waals surface area contributed by atoms with E-state index in [0.29, 0.717) is 19.6 Å². The second-order valence-electron chi connectivity index (χ2n) is 8.38. The van der Waals surface area contributed by atoms with Crippen molar-refractivity contribution in [1.29, 1.82) is 0 Å². The van der Waals surface area contributed by atoms with E-state index in [4.69, 9.17) is 9.88 Å². The first kappa shape index (κ1) is 24.1. The molecule has 0 aromatic heterocycles. The highest BCUT2D eigenvalue weighted by atomic mass is 32.2. The number of primary sulfonamides is 1. The minimum absolute atomic E-state index is 0.0263. The van der Waals surface area contributed by atoms with Crippen LogP contribution in [-0.2, 0) is 26.0 Å². The summed E-state index contributed by atoms with van der Waals surface area (Å²) in [5, 5.41) is 7.94. The van der Waals surface area contributed by atoms with Crippen molar-refractivity contribution in [3.05, 3.63) is 29.8 Å². The quantitative estimate of drug-likeness (QED) is 0.609. The minimum Gasteiger partial charge on any atom is -0.444 e. The molecule has 0 saturated carbocycles. The lowest BCUT2D eigenvalue weighted by atomic mass is 10.1. The topological polar surface area (TPSA) is 122 Å². The van der Waals surface area contributed by atoms with Crippen LogP contribution in [0, 0.1) is 0 Å². The zero-order valence-corrected chi connectivity index (χ0v) is 18.7. The number of sulfonamides is 1. The van der Waals surface area contributed by atoms with Crippen molar-refractivity contribution in [2.45, 2.75) is 44.1 Å². The van der Waals surface area contributed by atoms with Gasteiger partial charge in [0, 0.05) is 32.7 Å².